The molecule has 2 N–H and O–H groups in total. The van der Waals surface area contributed by atoms with Crippen LogP contribution in [0.1, 0.15) is 40.9 Å². The first-order chi connectivity index (χ1) is 8.17. The van der Waals surface area contributed by atoms with Crippen molar-refractivity contribution in [3.05, 3.63) is 34.4 Å². The normalized spacial score (nSPS) is 9.76. The largest absolute Gasteiger partial charge is 0.462 e. The van der Waals surface area contributed by atoms with Crippen molar-refractivity contribution in [2.75, 3.05) is 6.61 Å². The van der Waals surface area contributed by atoms with Crippen LogP contribution in [-0.4, -0.2) is 12.6 Å². The molecule has 90 valence electrons. The predicted octanol–water partition coefficient (Wildman–Crippen LogP) is 1.76. The van der Waals surface area contributed by atoms with E-state index in [0.717, 1.165) is 12.0 Å². The maximum atomic E-state index is 11.8. The van der Waals surface area contributed by atoms with Crippen LogP contribution in [0.4, 0.5) is 0 Å². The molecule has 0 fully saturated rings. The zero-order valence-electron chi connectivity index (χ0n) is 10.1. The van der Waals surface area contributed by atoms with E-state index in [1.165, 1.54) is 0 Å². The summed E-state index contributed by atoms with van der Waals surface area (Å²) < 4.78 is 4.97. The van der Waals surface area contributed by atoms with Crippen LogP contribution >= 0.6 is 0 Å². The van der Waals surface area contributed by atoms with Crippen molar-refractivity contribution in [1.29, 1.82) is 5.26 Å². The van der Waals surface area contributed by atoms with Crippen molar-refractivity contribution in [2.24, 2.45) is 5.73 Å². The van der Waals surface area contributed by atoms with Gasteiger partial charge in [0.25, 0.3) is 0 Å². The Kier molecular flexibility index (Phi) is 4.68. The van der Waals surface area contributed by atoms with Crippen LogP contribution in [0.25, 0.3) is 0 Å². The molecule has 0 aliphatic heterocycles. The molecule has 0 saturated heterocycles. The Morgan fingerprint density at radius 3 is 2.65 bits per heavy atom. The fourth-order valence-corrected chi connectivity index (χ4v) is 1.65. The zero-order chi connectivity index (χ0) is 12.8. The molecule has 0 amide bonds. The third-order valence-electron chi connectivity index (χ3n) is 2.54. The second-order valence-corrected chi connectivity index (χ2v) is 3.56. The van der Waals surface area contributed by atoms with E-state index in [4.69, 9.17) is 15.7 Å². The summed E-state index contributed by atoms with van der Waals surface area (Å²) in [6.07, 6.45) is 0.756. The average molecular weight is 232 g/mol. The molecule has 17 heavy (non-hydrogen) atoms. The van der Waals surface area contributed by atoms with Gasteiger partial charge in [0.2, 0.25) is 0 Å². The third-order valence-corrected chi connectivity index (χ3v) is 2.54. The van der Waals surface area contributed by atoms with Gasteiger partial charge in [-0.2, -0.15) is 5.26 Å². The highest BCUT2D eigenvalue weighted by atomic mass is 16.5. The lowest BCUT2D eigenvalue weighted by atomic mass is 9.97. The summed E-state index contributed by atoms with van der Waals surface area (Å²) in [4.78, 5) is 11.8. The smallest absolute Gasteiger partial charge is 0.338 e. The zero-order valence-corrected chi connectivity index (χ0v) is 10.1. The van der Waals surface area contributed by atoms with Gasteiger partial charge in [0.15, 0.2) is 0 Å². The maximum Gasteiger partial charge on any atom is 0.338 e. The highest BCUT2D eigenvalue weighted by Crippen LogP contribution is 2.18. The minimum absolute atomic E-state index is 0.154. The molecule has 4 nitrogen and oxygen atoms in total. The number of rotatable bonds is 4. The number of nitrogens with two attached hydrogens (primary N) is 1. The van der Waals surface area contributed by atoms with Crippen molar-refractivity contribution in [3.8, 4) is 6.07 Å². The van der Waals surface area contributed by atoms with E-state index in [1.807, 2.05) is 6.92 Å². The van der Waals surface area contributed by atoms with Crippen LogP contribution in [0.2, 0.25) is 0 Å². The number of hydrogen-bond donors (Lipinski definition) is 1. The summed E-state index contributed by atoms with van der Waals surface area (Å²) in [6.45, 7) is 4.17. The summed E-state index contributed by atoms with van der Waals surface area (Å²) in [5.41, 5.74) is 7.95. The van der Waals surface area contributed by atoms with Crippen LogP contribution in [0.15, 0.2) is 12.1 Å². The molecule has 0 bridgehead atoms. The standard InChI is InChI=1S/C13H16N2O2/c1-3-9-5-10(7-14)12(8-15)11(6-9)13(16)17-4-2/h5-6H,3-4,8,15H2,1-2H3. The van der Waals surface area contributed by atoms with Crippen molar-refractivity contribution in [1.82, 2.24) is 0 Å². The molecule has 0 radical (unpaired) electrons. The van der Waals surface area contributed by atoms with Crippen LogP contribution in [-0.2, 0) is 17.7 Å². The topological polar surface area (TPSA) is 76.1 Å². The Labute approximate surface area is 101 Å². The minimum atomic E-state index is -0.417. The van der Waals surface area contributed by atoms with E-state index in [2.05, 4.69) is 6.07 Å². The molecular weight excluding hydrogens is 216 g/mol. The summed E-state index contributed by atoms with van der Waals surface area (Å²) in [5.74, 6) is -0.417. The van der Waals surface area contributed by atoms with Gasteiger partial charge in [-0.15, -0.1) is 0 Å². The number of benzene rings is 1. The van der Waals surface area contributed by atoms with Crippen molar-refractivity contribution in [3.63, 3.8) is 0 Å². The number of carbonyl (C=O) groups is 1. The second kappa shape index (κ2) is 6.02. The number of aryl methyl sites for hydroxylation is 1. The van der Waals surface area contributed by atoms with E-state index in [9.17, 15) is 4.79 Å². The maximum absolute atomic E-state index is 11.8. The van der Waals surface area contributed by atoms with Gasteiger partial charge in [-0.25, -0.2) is 4.79 Å². The fourth-order valence-electron chi connectivity index (χ4n) is 1.65. The van der Waals surface area contributed by atoms with Crippen LogP contribution in [0.3, 0.4) is 0 Å². The number of carbonyl (C=O) groups excluding carboxylic acids is 1. The third kappa shape index (κ3) is 2.83. The molecule has 0 aliphatic carbocycles. The Morgan fingerprint density at radius 2 is 2.18 bits per heavy atom. The van der Waals surface area contributed by atoms with Gasteiger partial charge in [0.05, 0.1) is 23.8 Å². The van der Waals surface area contributed by atoms with Crippen molar-refractivity contribution >= 4 is 5.97 Å². The van der Waals surface area contributed by atoms with E-state index in [1.54, 1.807) is 19.1 Å². The highest BCUT2D eigenvalue weighted by Gasteiger charge is 2.16. The van der Waals surface area contributed by atoms with E-state index in [-0.39, 0.29) is 6.54 Å². The molecule has 0 atom stereocenters. The fraction of sp³-hybridized carbons (Fsp3) is 0.385. The van der Waals surface area contributed by atoms with Crippen molar-refractivity contribution in [2.45, 2.75) is 26.8 Å². The van der Waals surface area contributed by atoms with Gasteiger partial charge in [-0.05, 0) is 36.6 Å². The first-order valence-electron chi connectivity index (χ1n) is 5.60. The predicted molar refractivity (Wildman–Crippen MR) is 64.4 cm³/mol. The first kappa shape index (κ1) is 13.2. The lowest BCUT2D eigenvalue weighted by Crippen LogP contribution is -2.13. The number of nitrogens with zero attached hydrogens (tertiary/aromatic N) is 1. The molecule has 0 aliphatic rings. The Morgan fingerprint density at radius 1 is 1.47 bits per heavy atom. The van der Waals surface area contributed by atoms with Gasteiger partial charge in [0.1, 0.15) is 0 Å². The van der Waals surface area contributed by atoms with Crippen LogP contribution < -0.4 is 5.73 Å². The molecule has 1 aromatic rings. The van der Waals surface area contributed by atoms with Gasteiger partial charge >= 0.3 is 5.97 Å². The first-order valence-corrected chi connectivity index (χ1v) is 5.60. The summed E-state index contributed by atoms with van der Waals surface area (Å²) in [7, 11) is 0. The van der Waals surface area contributed by atoms with Gasteiger partial charge < -0.3 is 10.5 Å². The monoisotopic (exact) mass is 232 g/mol. The number of ether oxygens (including phenoxy) is 1. The van der Waals surface area contributed by atoms with Gasteiger partial charge in [-0.3, -0.25) is 0 Å². The Bertz CT molecular complexity index is 461. The van der Waals surface area contributed by atoms with Crippen LogP contribution in [0.5, 0.6) is 0 Å². The number of nitriles is 1. The van der Waals surface area contributed by atoms with E-state index in [0.29, 0.717) is 23.3 Å². The highest BCUT2D eigenvalue weighted by molar-refractivity contribution is 5.92. The second-order valence-electron chi connectivity index (χ2n) is 3.56. The quantitative estimate of drug-likeness (QED) is 0.802. The Balaban J connectivity index is 3.35. The van der Waals surface area contributed by atoms with E-state index < -0.39 is 5.97 Å². The average Bonchev–Trinajstić information content (AvgIpc) is 2.37. The summed E-state index contributed by atoms with van der Waals surface area (Å²) in [5, 5.41) is 9.05. The lowest BCUT2D eigenvalue weighted by Gasteiger charge is -2.11. The molecular formula is C13H16N2O2. The van der Waals surface area contributed by atoms with Gasteiger partial charge in [0, 0.05) is 6.54 Å². The van der Waals surface area contributed by atoms with E-state index >= 15 is 0 Å². The molecule has 0 spiro atoms. The Hall–Kier alpha value is -1.86. The molecule has 1 aromatic carbocycles. The molecule has 1 rings (SSSR count). The molecule has 0 unspecified atom stereocenters. The molecule has 0 saturated carbocycles. The summed E-state index contributed by atoms with van der Waals surface area (Å²) in [6, 6.07) is 5.59. The SMILES string of the molecule is CCOC(=O)c1cc(CC)cc(C#N)c1CN. The van der Waals surface area contributed by atoms with Gasteiger partial charge in [-0.1, -0.05) is 6.92 Å². The molecule has 0 heterocycles. The minimum Gasteiger partial charge on any atom is -0.462 e. The lowest BCUT2D eigenvalue weighted by molar-refractivity contribution is 0.0525. The number of hydrogen-bond acceptors (Lipinski definition) is 4. The molecule has 0 aromatic heterocycles. The van der Waals surface area contributed by atoms with Crippen LogP contribution in [0, 0.1) is 11.3 Å². The number of esters is 1. The summed E-state index contributed by atoms with van der Waals surface area (Å²) >= 11 is 0. The molecule has 4 heteroatoms. The van der Waals surface area contributed by atoms with Crippen molar-refractivity contribution < 1.29 is 9.53 Å².